The summed E-state index contributed by atoms with van der Waals surface area (Å²) in [5.74, 6) is 0.189. The van der Waals surface area contributed by atoms with Gasteiger partial charge in [0.05, 0.1) is 6.54 Å². The van der Waals surface area contributed by atoms with Crippen molar-refractivity contribution in [1.82, 2.24) is 4.90 Å². The summed E-state index contributed by atoms with van der Waals surface area (Å²) in [6.45, 7) is 1.68. The van der Waals surface area contributed by atoms with Crippen LogP contribution in [0.4, 0.5) is 0 Å². The normalized spacial score (nSPS) is 15.5. The van der Waals surface area contributed by atoms with E-state index in [1.807, 2.05) is 0 Å². The minimum Gasteiger partial charge on any atom is -0.370 e. The Bertz CT molecular complexity index is 151. The standard InChI is InChI=1S/C7H16N4.HI/c1-11(6-2-3-6)5-4-10-7(8)9;/h6H,2-5H2,1H3,(H4,8,9,10);1H. The molecule has 4 nitrogen and oxygen atoms in total. The van der Waals surface area contributed by atoms with Crippen molar-refractivity contribution in [3.63, 3.8) is 0 Å². The van der Waals surface area contributed by atoms with Gasteiger partial charge in [0, 0.05) is 12.6 Å². The Morgan fingerprint density at radius 3 is 2.50 bits per heavy atom. The Morgan fingerprint density at radius 2 is 2.08 bits per heavy atom. The van der Waals surface area contributed by atoms with Gasteiger partial charge in [-0.15, -0.1) is 24.0 Å². The topological polar surface area (TPSA) is 67.6 Å². The molecule has 12 heavy (non-hydrogen) atoms. The van der Waals surface area contributed by atoms with E-state index in [0.717, 1.165) is 19.1 Å². The molecule has 0 bridgehead atoms. The second-order valence-electron chi connectivity index (χ2n) is 3.02. The van der Waals surface area contributed by atoms with Crippen LogP contribution in [0.5, 0.6) is 0 Å². The third-order valence-electron chi connectivity index (χ3n) is 1.92. The molecule has 1 rings (SSSR count). The van der Waals surface area contributed by atoms with Gasteiger partial charge >= 0.3 is 0 Å². The van der Waals surface area contributed by atoms with Crippen molar-refractivity contribution in [3.05, 3.63) is 0 Å². The molecule has 0 saturated heterocycles. The van der Waals surface area contributed by atoms with Gasteiger partial charge in [-0.1, -0.05) is 0 Å². The molecule has 0 heterocycles. The molecule has 0 radical (unpaired) electrons. The number of hydrogen-bond acceptors (Lipinski definition) is 2. The highest BCUT2D eigenvalue weighted by atomic mass is 127. The maximum Gasteiger partial charge on any atom is 0.185 e. The van der Waals surface area contributed by atoms with E-state index in [-0.39, 0.29) is 29.9 Å². The van der Waals surface area contributed by atoms with Gasteiger partial charge in [-0.05, 0) is 19.9 Å². The van der Waals surface area contributed by atoms with Crippen molar-refractivity contribution in [2.75, 3.05) is 20.1 Å². The fraction of sp³-hybridized carbons (Fsp3) is 0.857. The maximum atomic E-state index is 5.18. The van der Waals surface area contributed by atoms with E-state index in [2.05, 4.69) is 16.9 Å². The van der Waals surface area contributed by atoms with Crippen LogP contribution in [0.3, 0.4) is 0 Å². The van der Waals surface area contributed by atoms with Gasteiger partial charge in [-0.25, -0.2) is 0 Å². The van der Waals surface area contributed by atoms with Crippen LogP contribution in [0.1, 0.15) is 12.8 Å². The number of halogens is 1. The molecule has 4 N–H and O–H groups in total. The molecule has 0 amide bonds. The number of nitrogens with zero attached hydrogens (tertiary/aromatic N) is 2. The van der Waals surface area contributed by atoms with Gasteiger partial charge in [0.25, 0.3) is 0 Å². The summed E-state index contributed by atoms with van der Waals surface area (Å²) in [5, 5.41) is 0. The van der Waals surface area contributed by atoms with Crippen LogP contribution in [0.15, 0.2) is 4.99 Å². The largest absolute Gasteiger partial charge is 0.370 e. The lowest BCUT2D eigenvalue weighted by Crippen LogP contribution is -2.27. The third-order valence-corrected chi connectivity index (χ3v) is 1.92. The number of rotatable bonds is 4. The lowest BCUT2D eigenvalue weighted by atomic mass is 10.5. The van der Waals surface area contributed by atoms with E-state index in [1.165, 1.54) is 12.8 Å². The predicted octanol–water partition coefficient (Wildman–Crippen LogP) is -0.0280. The summed E-state index contributed by atoms with van der Waals surface area (Å²) >= 11 is 0. The number of nitrogens with two attached hydrogens (primary N) is 2. The lowest BCUT2D eigenvalue weighted by Gasteiger charge is -2.12. The van der Waals surface area contributed by atoms with Crippen molar-refractivity contribution in [2.24, 2.45) is 16.5 Å². The fourth-order valence-electron chi connectivity index (χ4n) is 1.03. The summed E-state index contributed by atoms with van der Waals surface area (Å²) in [5.41, 5.74) is 10.4. The fourth-order valence-corrected chi connectivity index (χ4v) is 1.03. The van der Waals surface area contributed by atoms with E-state index in [9.17, 15) is 0 Å². The zero-order valence-corrected chi connectivity index (χ0v) is 9.69. The highest BCUT2D eigenvalue weighted by Crippen LogP contribution is 2.24. The molecule has 0 aromatic rings. The summed E-state index contributed by atoms with van der Waals surface area (Å²) in [7, 11) is 2.11. The van der Waals surface area contributed by atoms with Gasteiger partial charge in [-0.3, -0.25) is 4.99 Å². The molecule has 0 aromatic heterocycles. The van der Waals surface area contributed by atoms with Gasteiger partial charge in [0.15, 0.2) is 5.96 Å². The molecule has 1 fully saturated rings. The Balaban J connectivity index is 0.00000121. The molecule has 1 saturated carbocycles. The van der Waals surface area contributed by atoms with Crippen molar-refractivity contribution < 1.29 is 0 Å². The Hall–Kier alpha value is -0.0400. The first-order valence-electron chi connectivity index (χ1n) is 3.96. The Morgan fingerprint density at radius 1 is 1.50 bits per heavy atom. The Labute approximate surface area is 90.4 Å². The first-order valence-corrected chi connectivity index (χ1v) is 3.96. The zero-order chi connectivity index (χ0) is 8.27. The van der Waals surface area contributed by atoms with Crippen molar-refractivity contribution >= 4 is 29.9 Å². The molecule has 1 aliphatic carbocycles. The molecule has 0 aliphatic heterocycles. The molecule has 72 valence electrons. The van der Waals surface area contributed by atoms with Gasteiger partial charge in [0.2, 0.25) is 0 Å². The summed E-state index contributed by atoms with van der Waals surface area (Å²) in [6, 6.07) is 0.796. The molecular formula is C7H17IN4. The molecule has 1 aliphatic rings. The second-order valence-corrected chi connectivity index (χ2v) is 3.02. The van der Waals surface area contributed by atoms with E-state index in [1.54, 1.807) is 0 Å². The lowest BCUT2D eigenvalue weighted by molar-refractivity contribution is 0.334. The number of aliphatic imine (C=N–C) groups is 1. The van der Waals surface area contributed by atoms with E-state index in [4.69, 9.17) is 11.5 Å². The minimum absolute atomic E-state index is 0. The first-order chi connectivity index (χ1) is 5.20. The molecule has 0 unspecified atom stereocenters. The van der Waals surface area contributed by atoms with Crippen molar-refractivity contribution in [3.8, 4) is 0 Å². The van der Waals surface area contributed by atoms with Crippen LogP contribution in [-0.2, 0) is 0 Å². The minimum atomic E-state index is 0. The predicted molar refractivity (Wildman–Crippen MR) is 61.7 cm³/mol. The van der Waals surface area contributed by atoms with Gasteiger partial charge < -0.3 is 16.4 Å². The van der Waals surface area contributed by atoms with Gasteiger partial charge in [0.1, 0.15) is 0 Å². The molecule has 5 heteroatoms. The highest BCUT2D eigenvalue weighted by molar-refractivity contribution is 14.0. The van der Waals surface area contributed by atoms with Crippen LogP contribution in [0, 0.1) is 0 Å². The molecule has 0 aromatic carbocycles. The number of guanidine groups is 1. The number of likely N-dealkylation sites (N-methyl/N-ethyl adjacent to an activating group) is 1. The molecule has 0 atom stereocenters. The highest BCUT2D eigenvalue weighted by Gasteiger charge is 2.25. The molecular weight excluding hydrogens is 267 g/mol. The Kier molecular flexibility index (Phi) is 5.56. The maximum absolute atomic E-state index is 5.18. The van der Waals surface area contributed by atoms with E-state index in [0.29, 0.717) is 0 Å². The summed E-state index contributed by atoms with van der Waals surface area (Å²) in [4.78, 5) is 6.20. The average molecular weight is 284 g/mol. The zero-order valence-electron chi connectivity index (χ0n) is 7.36. The summed E-state index contributed by atoms with van der Waals surface area (Å²) < 4.78 is 0. The number of hydrogen-bond donors (Lipinski definition) is 2. The van der Waals surface area contributed by atoms with E-state index >= 15 is 0 Å². The molecule has 0 spiro atoms. The van der Waals surface area contributed by atoms with Crippen molar-refractivity contribution in [2.45, 2.75) is 18.9 Å². The first kappa shape index (κ1) is 12.0. The second kappa shape index (κ2) is 5.58. The van der Waals surface area contributed by atoms with Crippen LogP contribution < -0.4 is 11.5 Å². The smallest absolute Gasteiger partial charge is 0.185 e. The summed E-state index contributed by atoms with van der Waals surface area (Å²) in [6.07, 6.45) is 2.66. The quantitative estimate of drug-likeness (QED) is 0.433. The van der Waals surface area contributed by atoms with Crippen LogP contribution >= 0.6 is 24.0 Å². The van der Waals surface area contributed by atoms with Gasteiger partial charge in [-0.2, -0.15) is 0 Å². The van der Waals surface area contributed by atoms with E-state index < -0.39 is 0 Å². The van der Waals surface area contributed by atoms with Crippen LogP contribution in [-0.4, -0.2) is 37.0 Å². The average Bonchev–Trinajstić information content (AvgIpc) is 2.66. The van der Waals surface area contributed by atoms with Crippen molar-refractivity contribution in [1.29, 1.82) is 0 Å². The SMILES string of the molecule is CN(CCN=C(N)N)C1CC1.I. The van der Waals surface area contributed by atoms with Crippen LogP contribution in [0.25, 0.3) is 0 Å². The van der Waals surface area contributed by atoms with Crippen LogP contribution in [0.2, 0.25) is 0 Å². The third kappa shape index (κ3) is 4.76. The monoisotopic (exact) mass is 284 g/mol.